The van der Waals surface area contributed by atoms with Crippen LogP contribution in [0, 0.1) is 0 Å². The quantitative estimate of drug-likeness (QED) is 0.157. The fourth-order valence-corrected chi connectivity index (χ4v) is 11.0. The van der Waals surface area contributed by atoms with Crippen molar-refractivity contribution in [2.24, 2.45) is 0 Å². The highest BCUT2D eigenvalue weighted by Crippen LogP contribution is 2.53. The first-order valence-electron chi connectivity index (χ1n) is 21.3. The molecule has 0 saturated carbocycles. The lowest BCUT2D eigenvalue weighted by Crippen LogP contribution is -2.14. The predicted octanol–water partition coefficient (Wildman–Crippen LogP) is 16.4. The predicted molar refractivity (Wildman–Crippen MR) is 256 cm³/mol. The molecule has 60 heavy (non-hydrogen) atoms. The minimum atomic E-state index is -0.0716. The molecule has 10 aromatic rings. The molecule has 0 amide bonds. The van der Waals surface area contributed by atoms with Gasteiger partial charge in [-0.1, -0.05) is 191 Å². The largest absolute Gasteiger partial charge is 0.0619 e. The third-order valence-electron chi connectivity index (χ3n) is 14.0. The van der Waals surface area contributed by atoms with Gasteiger partial charge in [0.1, 0.15) is 0 Å². The summed E-state index contributed by atoms with van der Waals surface area (Å²) in [7, 11) is 0. The number of hydrogen-bond acceptors (Lipinski definition) is 0. The maximum Gasteiger partial charge on any atom is 0.0159 e. The zero-order valence-electron chi connectivity index (χ0n) is 34.5. The van der Waals surface area contributed by atoms with Gasteiger partial charge in [0.05, 0.1) is 0 Å². The van der Waals surface area contributed by atoms with Crippen LogP contribution in [0.15, 0.2) is 194 Å². The highest BCUT2D eigenvalue weighted by Gasteiger charge is 2.36. The van der Waals surface area contributed by atoms with E-state index in [1.807, 2.05) is 0 Å². The third-order valence-corrected chi connectivity index (χ3v) is 14.0. The molecule has 284 valence electrons. The lowest BCUT2D eigenvalue weighted by Gasteiger charge is -2.23. The molecule has 0 N–H and O–H groups in total. The number of rotatable bonds is 4. The van der Waals surface area contributed by atoms with Crippen molar-refractivity contribution in [2.75, 3.05) is 0 Å². The molecule has 2 aliphatic rings. The fourth-order valence-electron chi connectivity index (χ4n) is 11.0. The van der Waals surface area contributed by atoms with Crippen LogP contribution in [0.4, 0.5) is 0 Å². The Morgan fingerprint density at radius 3 is 1.52 bits per heavy atom. The van der Waals surface area contributed by atoms with Crippen molar-refractivity contribution in [3.8, 4) is 66.8 Å². The minimum Gasteiger partial charge on any atom is -0.0619 e. The van der Waals surface area contributed by atoms with E-state index in [1.165, 1.54) is 121 Å². The second-order valence-electron chi connectivity index (χ2n) is 18.1. The van der Waals surface area contributed by atoms with Crippen LogP contribution in [-0.2, 0) is 10.8 Å². The smallest absolute Gasteiger partial charge is 0.0159 e. The highest BCUT2D eigenvalue weighted by molar-refractivity contribution is 6.22. The molecule has 10 aromatic carbocycles. The lowest BCUT2D eigenvalue weighted by atomic mass is 9.80. The molecule has 0 atom stereocenters. The molecule has 0 bridgehead atoms. The summed E-state index contributed by atoms with van der Waals surface area (Å²) in [5, 5.41) is 7.58. The summed E-state index contributed by atoms with van der Waals surface area (Å²) in [6.07, 6.45) is 0. The summed E-state index contributed by atoms with van der Waals surface area (Å²) in [4.78, 5) is 0. The van der Waals surface area contributed by atoms with Gasteiger partial charge >= 0.3 is 0 Å². The van der Waals surface area contributed by atoms with Gasteiger partial charge < -0.3 is 0 Å². The van der Waals surface area contributed by atoms with E-state index in [2.05, 4.69) is 222 Å². The second-order valence-corrected chi connectivity index (χ2v) is 18.1. The van der Waals surface area contributed by atoms with Crippen molar-refractivity contribution in [1.29, 1.82) is 0 Å². The molecule has 2 aliphatic carbocycles. The Morgan fingerprint density at radius 2 is 0.733 bits per heavy atom. The molecular formula is C60H44. The first-order valence-corrected chi connectivity index (χ1v) is 21.3. The molecule has 0 unspecified atom stereocenters. The van der Waals surface area contributed by atoms with Crippen molar-refractivity contribution in [1.82, 2.24) is 0 Å². The van der Waals surface area contributed by atoms with Gasteiger partial charge in [0.25, 0.3) is 0 Å². The van der Waals surface area contributed by atoms with Gasteiger partial charge in [0.15, 0.2) is 0 Å². The van der Waals surface area contributed by atoms with Crippen molar-refractivity contribution in [3.05, 3.63) is 216 Å². The third kappa shape index (κ3) is 5.04. The van der Waals surface area contributed by atoms with Gasteiger partial charge in [0.2, 0.25) is 0 Å². The minimum absolute atomic E-state index is 0.0529. The van der Waals surface area contributed by atoms with Crippen LogP contribution in [-0.4, -0.2) is 0 Å². The summed E-state index contributed by atoms with van der Waals surface area (Å²) >= 11 is 0. The summed E-state index contributed by atoms with van der Waals surface area (Å²) in [6.45, 7) is 9.48. The molecule has 0 spiro atoms. The Kier molecular flexibility index (Phi) is 7.42. The van der Waals surface area contributed by atoms with Crippen LogP contribution >= 0.6 is 0 Å². The first-order chi connectivity index (χ1) is 29.3. The van der Waals surface area contributed by atoms with Crippen LogP contribution in [0.25, 0.3) is 99.1 Å². The zero-order valence-corrected chi connectivity index (χ0v) is 34.5. The Labute approximate surface area is 352 Å². The van der Waals surface area contributed by atoms with Crippen molar-refractivity contribution in [2.45, 2.75) is 38.5 Å². The second kappa shape index (κ2) is 12.7. The molecule has 0 saturated heterocycles. The van der Waals surface area contributed by atoms with Gasteiger partial charge in [-0.05, 0) is 152 Å². The van der Waals surface area contributed by atoms with E-state index in [1.54, 1.807) is 0 Å². The molecular weight excluding hydrogens is 721 g/mol. The summed E-state index contributed by atoms with van der Waals surface area (Å²) in [6, 6.07) is 73.3. The maximum atomic E-state index is 2.48. The van der Waals surface area contributed by atoms with Crippen molar-refractivity contribution in [3.63, 3.8) is 0 Å². The fraction of sp³-hybridized carbons (Fsp3) is 0.100. The summed E-state index contributed by atoms with van der Waals surface area (Å²) in [5.74, 6) is 0. The highest BCUT2D eigenvalue weighted by atomic mass is 14.4. The van der Waals surface area contributed by atoms with Crippen LogP contribution in [0.5, 0.6) is 0 Å². The van der Waals surface area contributed by atoms with Crippen LogP contribution in [0.1, 0.15) is 49.9 Å². The van der Waals surface area contributed by atoms with Crippen LogP contribution in [0.3, 0.4) is 0 Å². The van der Waals surface area contributed by atoms with E-state index in [-0.39, 0.29) is 10.8 Å². The van der Waals surface area contributed by atoms with Crippen LogP contribution in [0.2, 0.25) is 0 Å². The molecule has 0 aromatic heterocycles. The number of benzene rings is 10. The molecule has 0 radical (unpaired) electrons. The molecule has 0 heteroatoms. The molecule has 0 heterocycles. The van der Waals surface area contributed by atoms with Gasteiger partial charge in [-0.15, -0.1) is 0 Å². The topological polar surface area (TPSA) is 0 Å². The van der Waals surface area contributed by atoms with E-state index in [9.17, 15) is 0 Å². The average Bonchev–Trinajstić information content (AvgIpc) is 3.66. The Balaban J connectivity index is 1.11. The van der Waals surface area contributed by atoms with Gasteiger partial charge in [0, 0.05) is 10.8 Å². The van der Waals surface area contributed by atoms with E-state index in [0.29, 0.717) is 0 Å². The lowest BCUT2D eigenvalue weighted by molar-refractivity contribution is 0.660. The summed E-state index contributed by atoms with van der Waals surface area (Å²) in [5.41, 5.74) is 20.8. The summed E-state index contributed by atoms with van der Waals surface area (Å²) < 4.78 is 0. The van der Waals surface area contributed by atoms with Crippen molar-refractivity contribution >= 4 is 32.3 Å². The standard InChI is InChI=1S/C60H44/c1-59(2)54-23-12-10-19-46(54)51-35-44(28-31-55(51)59)58-49-21-8-7-20-48(49)57(43-17-13-16-39(33-43)40-25-24-37-14-5-6-15-38(37)32-40)50-30-27-41(34-52(50)58)42-26-29-47-45-18-9-11-22-53(45)60(3,4)56(47)36-42/h5-36H,1-4H3. The van der Waals surface area contributed by atoms with E-state index in [0.717, 1.165) is 0 Å². The Hall–Kier alpha value is -7.02. The maximum absolute atomic E-state index is 2.48. The normalized spacial score (nSPS) is 14.3. The zero-order chi connectivity index (χ0) is 40.3. The Morgan fingerprint density at radius 1 is 0.250 bits per heavy atom. The number of hydrogen-bond donors (Lipinski definition) is 0. The average molecular weight is 765 g/mol. The first kappa shape index (κ1) is 35.0. The molecule has 0 fully saturated rings. The monoisotopic (exact) mass is 764 g/mol. The van der Waals surface area contributed by atoms with Gasteiger partial charge in [-0.25, -0.2) is 0 Å². The van der Waals surface area contributed by atoms with Crippen molar-refractivity contribution < 1.29 is 0 Å². The Bertz CT molecular complexity index is 3430. The SMILES string of the molecule is CC1(C)c2ccccc2-c2cc(-c3c4ccccc4c(-c4cccc(-c5ccc6ccccc6c5)c4)c4ccc(-c5ccc6c(c5)C(C)(C)c5ccccc5-6)cc34)ccc21. The van der Waals surface area contributed by atoms with Gasteiger partial charge in [-0.2, -0.15) is 0 Å². The molecule has 0 aliphatic heterocycles. The van der Waals surface area contributed by atoms with E-state index < -0.39 is 0 Å². The van der Waals surface area contributed by atoms with Gasteiger partial charge in [-0.3, -0.25) is 0 Å². The van der Waals surface area contributed by atoms with E-state index >= 15 is 0 Å². The number of fused-ring (bicyclic) bond motifs is 9. The molecule has 0 nitrogen and oxygen atoms in total. The van der Waals surface area contributed by atoms with Crippen LogP contribution < -0.4 is 0 Å². The van der Waals surface area contributed by atoms with E-state index in [4.69, 9.17) is 0 Å². The molecule has 12 rings (SSSR count).